The Kier molecular flexibility index (Phi) is 5.36. The maximum atomic E-state index is 11.3. The van der Waals surface area contributed by atoms with Crippen molar-refractivity contribution in [2.24, 2.45) is 0 Å². The van der Waals surface area contributed by atoms with Crippen molar-refractivity contribution in [3.05, 3.63) is 47.0 Å². The van der Waals surface area contributed by atoms with Crippen molar-refractivity contribution in [2.45, 2.75) is 39.2 Å². The smallest absolute Gasteiger partial charge is 0.331 e. The van der Waals surface area contributed by atoms with Crippen molar-refractivity contribution in [3.63, 3.8) is 0 Å². The van der Waals surface area contributed by atoms with E-state index in [0.717, 1.165) is 44.5 Å². The zero-order valence-electron chi connectivity index (χ0n) is 12.1. The Morgan fingerprint density at radius 3 is 2.65 bits per heavy atom. The fourth-order valence-corrected chi connectivity index (χ4v) is 2.88. The van der Waals surface area contributed by atoms with Gasteiger partial charge in [0, 0.05) is 18.7 Å². The number of rotatable bonds is 4. The highest BCUT2D eigenvalue weighted by Gasteiger charge is 2.18. The Morgan fingerprint density at radius 2 is 2.00 bits per heavy atom. The molecule has 1 aromatic rings. The molecule has 0 bridgehead atoms. The molecule has 1 fully saturated rings. The van der Waals surface area contributed by atoms with Gasteiger partial charge in [-0.15, -0.1) is 0 Å². The van der Waals surface area contributed by atoms with Gasteiger partial charge in [-0.2, -0.15) is 0 Å². The van der Waals surface area contributed by atoms with Gasteiger partial charge in [0.2, 0.25) is 0 Å². The lowest BCUT2D eigenvalue weighted by Crippen LogP contribution is -2.26. The molecule has 0 unspecified atom stereocenters. The Labute approximate surface area is 120 Å². The quantitative estimate of drug-likeness (QED) is 0.854. The Morgan fingerprint density at radius 1 is 1.25 bits per heavy atom. The molecular weight excluding hydrogens is 250 g/mol. The summed E-state index contributed by atoms with van der Waals surface area (Å²) in [6.07, 6.45) is 3.79. The molecule has 0 atom stereocenters. The van der Waals surface area contributed by atoms with E-state index in [1.807, 2.05) is 13.0 Å². The van der Waals surface area contributed by atoms with Crippen LogP contribution in [0.4, 0.5) is 0 Å². The monoisotopic (exact) mass is 273 g/mol. The number of carbonyl (C=O) groups is 1. The highest BCUT2D eigenvalue weighted by molar-refractivity contribution is 5.87. The lowest BCUT2D eigenvalue weighted by atomic mass is 10.0. The van der Waals surface area contributed by atoms with E-state index in [-0.39, 0.29) is 0 Å². The van der Waals surface area contributed by atoms with Crippen LogP contribution in [-0.2, 0) is 11.3 Å². The average molecular weight is 273 g/mol. The van der Waals surface area contributed by atoms with Crippen LogP contribution in [-0.4, -0.2) is 29.1 Å². The minimum Gasteiger partial charge on any atom is -0.478 e. The molecule has 0 spiro atoms. The SMILES string of the molecule is CCC(C(=O)O)=C1CCCCN(Cc2ccccc2)C1. The lowest BCUT2D eigenvalue weighted by molar-refractivity contribution is -0.132. The van der Waals surface area contributed by atoms with Gasteiger partial charge in [0.1, 0.15) is 0 Å². The van der Waals surface area contributed by atoms with Crippen molar-refractivity contribution in [1.29, 1.82) is 0 Å². The van der Waals surface area contributed by atoms with Crippen molar-refractivity contribution < 1.29 is 9.90 Å². The van der Waals surface area contributed by atoms with Crippen LogP contribution in [0.15, 0.2) is 41.5 Å². The molecule has 0 aromatic heterocycles. The van der Waals surface area contributed by atoms with Crippen LogP contribution in [0.1, 0.15) is 38.2 Å². The third-order valence-electron chi connectivity index (χ3n) is 3.90. The van der Waals surface area contributed by atoms with E-state index < -0.39 is 5.97 Å². The molecule has 0 radical (unpaired) electrons. The number of carboxylic acid groups (broad SMARTS) is 1. The first-order valence-corrected chi connectivity index (χ1v) is 7.41. The number of nitrogens with zero attached hydrogens (tertiary/aromatic N) is 1. The molecule has 1 aliphatic rings. The molecular formula is C17H23NO2. The third-order valence-corrected chi connectivity index (χ3v) is 3.90. The molecule has 108 valence electrons. The molecule has 3 nitrogen and oxygen atoms in total. The molecule has 0 amide bonds. The van der Waals surface area contributed by atoms with Crippen LogP contribution in [0.3, 0.4) is 0 Å². The average Bonchev–Trinajstić information content (AvgIpc) is 2.66. The van der Waals surface area contributed by atoms with Crippen LogP contribution in [0.5, 0.6) is 0 Å². The third kappa shape index (κ3) is 3.94. The Balaban J connectivity index is 2.13. The number of aliphatic carboxylic acids is 1. The van der Waals surface area contributed by atoms with Gasteiger partial charge in [-0.25, -0.2) is 4.79 Å². The summed E-state index contributed by atoms with van der Waals surface area (Å²) in [4.78, 5) is 13.7. The normalized spacial score (nSPS) is 19.4. The van der Waals surface area contributed by atoms with Crippen molar-refractivity contribution >= 4 is 5.97 Å². The zero-order valence-corrected chi connectivity index (χ0v) is 12.1. The number of hydrogen-bond acceptors (Lipinski definition) is 2. The van der Waals surface area contributed by atoms with Gasteiger partial charge in [-0.3, -0.25) is 4.90 Å². The zero-order chi connectivity index (χ0) is 14.4. The number of likely N-dealkylation sites (tertiary alicyclic amines) is 1. The van der Waals surface area contributed by atoms with Crippen LogP contribution in [0.25, 0.3) is 0 Å². The summed E-state index contributed by atoms with van der Waals surface area (Å²) in [5.41, 5.74) is 3.03. The maximum absolute atomic E-state index is 11.3. The fraction of sp³-hybridized carbons (Fsp3) is 0.471. The molecule has 1 saturated heterocycles. The summed E-state index contributed by atoms with van der Waals surface area (Å²) >= 11 is 0. The molecule has 20 heavy (non-hydrogen) atoms. The minimum atomic E-state index is -0.746. The van der Waals surface area contributed by atoms with E-state index in [1.165, 1.54) is 5.56 Å². The predicted molar refractivity (Wildman–Crippen MR) is 80.5 cm³/mol. The van der Waals surface area contributed by atoms with Gasteiger partial charge in [0.05, 0.1) is 0 Å². The van der Waals surface area contributed by atoms with Gasteiger partial charge in [-0.1, -0.05) is 37.3 Å². The largest absolute Gasteiger partial charge is 0.478 e. The summed E-state index contributed by atoms with van der Waals surface area (Å²) < 4.78 is 0. The van der Waals surface area contributed by atoms with Crippen LogP contribution in [0, 0.1) is 0 Å². The fourth-order valence-electron chi connectivity index (χ4n) is 2.88. The molecule has 2 rings (SSSR count). The summed E-state index contributed by atoms with van der Waals surface area (Å²) in [6, 6.07) is 10.4. The highest BCUT2D eigenvalue weighted by atomic mass is 16.4. The van der Waals surface area contributed by atoms with E-state index in [0.29, 0.717) is 12.0 Å². The van der Waals surface area contributed by atoms with Gasteiger partial charge in [-0.05, 0) is 43.4 Å². The standard InChI is InChI=1S/C17H23NO2/c1-2-16(17(19)20)15-10-6-7-11-18(13-15)12-14-8-4-3-5-9-14/h3-5,8-9H,2,6-7,10-13H2,1H3,(H,19,20). The molecule has 0 saturated carbocycles. The van der Waals surface area contributed by atoms with Gasteiger partial charge >= 0.3 is 5.97 Å². The van der Waals surface area contributed by atoms with E-state index in [1.54, 1.807) is 0 Å². The highest BCUT2D eigenvalue weighted by Crippen LogP contribution is 2.22. The number of benzene rings is 1. The molecule has 3 heteroatoms. The Hall–Kier alpha value is -1.61. The van der Waals surface area contributed by atoms with Gasteiger partial charge in [0.15, 0.2) is 0 Å². The molecule has 1 N–H and O–H groups in total. The summed E-state index contributed by atoms with van der Waals surface area (Å²) in [5.74, 6) is -0.746. The van der Waals surface area contributed by atoms with Crippen molar-refractivity contribution in [2.75, 3.05) is 13.1 Å². The second kappa shape index (κ2) is 7.25. The number of carboxylic acids is 1. The van der Waals surface area contributed by atoms with Crippen LogP contribution in [0.2, 0.25) is 0 Å². The second-order valence-corrected chi connectivity index (χ2v) is 5.39. The minimum absolute atomic E-state index is 0.615. The van der Waals surface area contributed by atoms with E-state index in [2.05, 4.69) is 29.2 Å². The number of hydrogen-bond donors (Lipinski definition) is 1. The van der Waals surface area contributed by atoms with Gasteiger partial charge < -0.3 is 5.11 Å². The Bertz CT molecular complexity index is 479. The first-order valence-electron chi connectivity index (χ1n) is 7.41. The van der Waals surface area contributed by atoms with Crippen molar-refractivity contribution in [1.82, 2.24) is 4.90 Å². The van der Waals surface area contributed by atoms with Crippen LogP contribution < -0.4 is 0 Å². The maximum Gasteiger partial charge on any atom is 0.331 e. The summed E-state index contributed by atoms with van der Waals surface area (Å²) in [6.45, 7) is 4.68. The molecule has 1 aliphatic heterocycles. The van der Waals surface area contributed by atoms with Gasteiger partial charge in [0.25, 0.3) is 0 Å². The van der Waals surface area contributed by atoms with Crippen molar-refractivity contribution in [3.8, 4) is 0 Å². The molecule has 0 aliphatic carbocycles. The predicted octanol–water partition coefficient (Wildman–Crippen LogP) is 3.46. The van der Waals surface area contributed by atoms with E-state index >= 15 is 0 Å². The first-order chi connectivity index (χ1) is 9.70. The topological polar surface area (TPSA) is 40.5 Å². The second-order valence-electron chi connectivity index (χ2n) is 5.39. The first kappa shape index (κ1) is 14.8. The summed E-state index contributed by atoms with van der Waals surface area (Å²) in [5, 5.41) is 9.32. The molecule has 1 aromatic carbocycles. The molecule has 1 heterocycles. The van der Waals surface area contributed by atoms with E-state index in [9.17, 15) is 9.90 Å². The van der Waals surface area contributed by atoms with Crippen LogP contribution >= 0.6 is 0 Å². The van der Waals surface area contributed by atoms with E-state index in [4.69, 9.17) is 0 Å². The summed E-state index contributed by atoms with van der Waals surface area (Å²) in [7, 11) is 0. The lowest BCUT2D eigenvalue weighted by Gasteiger charge is -2.21.